The van der Waals surface area contributed by atoms with Crippen molar-refractivity contribution in [3.05, 3.63) is 46.8 Å². The van der Waals surface area contributed by atoms with Crippen molar-refractivity contribution in [3.63, 3.8) is 0 Å². The first-order chi connectivity index (χ1) is 11.2. The van der Waals surface area contributed by atoms with Crippen LogP contribution in [0.5, 0.6) is 0 Å². The number of nitrogens with one attached hydrogen (secondary N) is 1. The van der Waals surface area contributed by atoms with E-state index >= 15 is 0 Å². The molecule has 1 heterocycles. The minimum absolute atomic E-state index is 0.190. The summed E-state index contributed by atoms with van der Waals surface area (Å²) >= 11 is 0. The van der Waals surface area contributed by atoms with Crippen LogP contribution in [-0.4, -0.2) is 21.2 Å². The summed E-state index contributed by atoms with van der Waals surface area (Å²) in [5.74, 6) is -0.703. The average Bonchev–Trinajstić information content (AvgIpc) is 2.96. The van der Waals surface area contributed by atoms with Crippen molar-refractivity contribution >= 4 is 5.91 Å². The smallest absolute Gasteiger partial charge is 0.272 e. The maximum Gasteiger partial charge on any atom is 0.272 e. The van der Waals surface area contributed by atoms with Crippen molar-refractivity contribution in [2.45, 2.75) is 45.1 Å². The largest absolute Gasteiger partial charge is 0.346 e. The van der Waals surface area contributed by atoms with Crippen molar-refractivity contribution in [1.82, 2.24) is 15.1 Å². The quantitative estimate of drug-likeness (QED) is 0.917. The number of hydrogen-bond donors (Lipinski definition) is 1. The number of carbonyl (C=O) groups is 1. The number of rotatable bonds is 2. The van der Waals surface area contributed by atoms with Crippen LogP contribution in [0.15, 0.2) is 18.2 Å². The highest BCUT2D eigenvalue weighted by Crippen LogP contribution is 2.57. The van der Waals surface area contributed by atoms with Crippen molar-refractivity contribution in [2.75, 3.05) is 0 Å². The van der Waals surface area contributed by atoms with Crippen molar-refractivity contribution in [1.29, 1.82) is 0 Å². The first-order valence-corrected chi connectivity index (χ1v) is 8.14. The second-order valence-corrected chi connectivity index (χ2v) is 7.73. The predicted octanol–water partition coefficient (Wildman–Crippen LogP) is 3.34. The molecule has 0 saturated heterocycles. The molecule has 0 radical (unpaired) electrons. The molecule has 1 amide bonds. The van der Waals surface area contributed by atoms with E-state index in [1.807, 2.05) is 20.8 Å². The number of amides is 1. The average molecular weight is 331 g/mol. The summed E-state index contributed by atoms with van der Waals surface area (Å²) in [7, 11) is 0. The van der Waals surface area contributed by atoms with Gasteiger partial charge in [-0.3, -0.25) is 4.79 Å². The van der Waals surface area contributed by atoms with Crippen LogP contribution >= 0.6 is 0 Å². The number of halogens is 2. The highest BCUT2D eigenvalue weighted by molar-refractivity contribution is 5.95. The number of nitrogens with zero attached hydrogens (tertiary/aromatic N) is 2. The molecule has 1 saturated carbocycles. The Bertz CT molecular complexity index is 851. The molecule has 1 N–H and O–H groups in total. The van der Waals surface area contributed by atoms with Gasteiger partial charge in [-0.1, -0.05) is 0 Å². The van der Waals surface area contributed by atoms with E-state index in [0.29, 0.717) is 17.5 Å². The van der Waals surface area contributed by atoms with Gasteiger partial charge in [0, 0.05) is 23.1 Å². The lowest BCUT2D eigenvalue weighted by atomic mass is 10.1. The standard InChI is InChI=1S/C18H19F2N3O/c1-18(2,3)21-17(24)15-12-7-9-6-11(9)16(12)23(22-15)14-5-4-10(19)8-13(14)20/h4-5,8-9,11H,6-7H2,1-3H3,(H,21,24)/t9-,11-/m0/s1. The molecule has 24 heavy (non-hydrogen) atoms. The van der Waals surface area contributed by atoms with Gasteiger partial charge in [-0.2, -0.15) is 5.10 Å². The molecule has 0 spiro atoms. The molecule has 0 aliphatic heterocycles. The van der Waals surface area contributed by atoms with Gasteiger partial charge in [-0.25, -0.2) is 13.5 Å². The Balaban J connectivity index is 1.82. The van der Waals surface area contributed by atoms with Gasteiger partial charge in [-0.15, -0.1) is 0 Å². The van der Waals surface area contributed by atoms with E-state index in [1.54, 1.807) is 0 Å². The lowest BCUT2D eigenvalue weighted by Gasteiger charge is -2.20. The lowest BCUT2D eigenvalue weighted by molar-refractivity contribution is 0.0913. The fraction of sp³-hybridized carbons (Fsp3) is 0.444. The highest BCUT2D eigenvalue weighted by Gasteiger charge is 2.50. The molecule has 1 fully saturated rings. The van der Waals surface area contributed by atoms with Crippen LogP contribution in [0.1, 0.15) is 54.9 Å². The van der Waals surface area contributed by atoms with E-state index in [4.69, 9.17) is 0 Å². The summed E-state index contributed by atoms with van der Waals surface area (Å²) < 4.78 is 28.9. The molecule has 4 nitrogen and oxygen atoms in total. The van der Waals surface area contributed by atoms with Crippen LogP contribution in [0.2, 0.25) is 0 Å². The summed E-state index contributed by atoms with van der Waals surface area (Å²) in [6.07, 6.45) is 1.84. The second-order valence-electron chi connectivity index (χ2n) is 7.73. The molecular weight excluding hydrogens is 312 g/mol. The van der Waals surface area contributed by atoms with Crippen molar-refractivity contribution in [2.24, 2.45) is 5.92 Å². The Hall–Kier alpha value is -2.24. The highest BCUT2D eigenvalue weighted by atomic mass is 19.1. The first-order valence-electron chi connectivity index (χ1n) is 8.14. The van der Waals surface area contributed by atoms with Gasteiger partial charge < -0.3 is 5.32 Å². The SMILES string of the molecule is CC(C)(C)NC(=O)c1nn(-c2ccc(F)cc2F)c2c1C[C@@H]1C[C@H]21. The molecule has 2 aliphatic rings. The Labute approximate surface area is 138 Å². The zero-order chi connectivity index (χ0) is 17.2. The summed E-state index contributed by atoms with van der Waals surface area (Å²) in [6, 6.07) is 3.43. The summed E-state index contributed by atoms with van der Waals surface area (Å²) in [6.45, 7) is 5.71. The van der Waals surface area contributed by atoms with Gasteiger partial charge in [0.1, 0.15) is 11.5 Å². The number of aromatic nitrogens is 2. The van der Waals surface area contributed by atoms with E-state index in [2.05, 4.69) is 10.4 Å². The monoisotopic (exact) mass is 331 g/mol. The van der Waals surface area contributed by atoms with E-state index in [0.717, 1.165) is 30.2 Å². The van der Waals surface area contributed by atoms with Gasteiger partial charge in [0.2, 0.25) is 0 Å². The summed E-state index contributed by atoms with van der Waals surface area (Å²) in [5, 5.41) is 7.31. The van der Waals surface area contributed by atoms with E-state index in [1.165, 1.54) is 16.8 Å². The maximum atomic E-state index is 14.2. The molecule has 1 aromatic heterocycles. The molecule has 0 unspecified atom stereocenters. The Morgan fingerprint density at radius 2 is 2.08 bits per heavy atom. The number of benzene rings is 1. The zero-order valence-electron chi connectivity index (χ0n) is 13.9. The molecule has 2 atom stereocenters. The molecule has 126 valence electrons. The number of carbonyl (C=O) groups excluding carboxylic acids is 1. The minimum Gasteiger partial charge on any atom is -0.346 e. The van der Waals surface area contributed by atoms with Crippen LogP contribution in [0.3, 0.4) is 0 Å². The summed E-state index contributed by atoms with van der Waals surface area (Å²) in [5.41, 5.74) is 1.98. The van der Waals surface area contributed by atoms with Crippen LogP contribution in [-0.2, 0) is 6.42 Å². The number of fused-ring (bicyclic) bond motifs is 3. The number of hydrogen-bond acceptors (Lipinski definition) is 2. The Kier molecular flexibility index (Phi) is 3.11. The van der Waals surface area contributed by atoms with Crippen molar-refractivity contribution in [3.8, 4) is 5.69 Å². The predicted molar refractivity (Wildman–Crippen MR) is 85.3 cm³/mol. The second kappa shape index (κ2) is 4.88. The molecule has 0 bridgehead atoms. The fourth-order valence-electron chi connectivity index (χ4n) is 3.53. The molecule has 2 aromatic rings. The molecular formula is C18H19F2N3O. The van der Waals surface area contributed by atoms with Gasteiger partial charge in [-0.05, 0) is 51.7 Å². The van der Waals surface area contributed by atoms with Gasteiger partial charge in [0.15, 0.2) is 11.5 Å². The third-order valence-corrected chi connectivity index (χ3v) is 4.60. The van der Waals surface area contributed by atoms with Crippen LogP contribution in [0.25, 0.3) is 5.69 Å². The first kappa shape index (κ1) is 15.3. The molecule has 4 rings (SSSR count). The Morgan fingerprint density at radius 1 is 1.33 bits per heavy atom. The van der Waals surface area contributed by atoms with Crippen LogP contribution in [0, 0.1) is 17.6 Å². The van der Waals surface area contributed by atoms with Gasteiger partial charge >= 0.3 is 0 Å². The topological polar surface area (TPSA) is 46.9 Å². The third-order valence-electron chi connectivity index (χ3n) is 4.60. The van der Waals surface area contributed by atoms with Gasteiger partial charge in [0.05, 0.1) is 5.69 Å². The van der Waals surface area contributed by atoms with Gasteiger partial charge in [0.25, 0.3) is 5.91 Å². The van der Waals surface area contributed by atoms with Crippen LogP contribution in [0.4, 0.5) is 8.78 Å². The normalized spacial score (nSPS) is 21.4. The molecule has 1 aromatic carbocycles. The van der Waals surface area contributed by atoms with Crippen LogP contribution < -0.4 is 5.32 Å². The summed E-state index contributed by atoms with van der Waals surface area (Å²) in [4.78, 5) is 12.6. The lowest BCUT2D eigenvalue weighted by Crippen LogP contribution is -2.41. The molecule has 6 heteroatoms. The fourth-order valence-corrected chi connectivity index (χ4v) is 3.53. The Morgan fingerprint density at radius 3 is 2.75 bits per heavy atom. The molecule has 2 aliphatic carbocycles. The zero-order valence-corrected chi connectivity index (χ0v) is 13.9. The third kappa shape index (κ3) is 2.41. The van der Waals surface area contributed by atoms with E-state index in [9.17, 15) is 13.6 Å². The van der Waals surface area contributed by atoms with E-state index in [-0.39, 0.29) is 17.1 Å². The van der Waals surface area contributed by atoms with Crippen molar-refractivity contribution < 1.29 is 13.6 Å². The minimum atomic E-state index is -0.674. The van der Waals surface area contributed by atoms with E-state index < -0.39 is 11.6 Å². The maximum absolute atomic E-state index is 14.2.